The molecule has 1 aliphatic rings. The van der Waals surface area contributed by atoms with E-state index in [1.165, 1.54) is 5.70 Å². The molecule has 1 heterocycles. The van der Waals surface area contributed by atoms with Gasteiger partial charge in [-0.25, -0.2) is 0 Å². The van der Waals surface area contributed by atoms with Gasteiger partial charge in [-0.2, -0.15) is 0 Å². The average Bonchev–Trinajstić information content (AvgIpc) is 1.91. The second-order valence-electron chi connectivity index (χ2n) is 1.97. The van der Waals surface area contributed by atoms with E-state index < -0.39 is 0 Å². The summed E-state index contributed by atoms with van der Waals surface area (Å²) in [6, 6.07) is 0. The van der Waals surface area contributed by atoms with E-state index in [1.807, 2.05) is 0 Å². The Hall–Kier alpha value is -0.540. The molecule has 0 saturated heterocycles. The Morgan fingerprint density at radius 3 is 3.22 bits per heavy atom. The van der Waals surface area contributed by atoms with Gasteiger partial charge in [0.15, 0.2) is 0 Å². The molecule has 52 valence electrons. The van der Waals surface area contributed by atoms with Crippen molar-refractivity contribution in [2.45, 2.75) is 0 Å². The predicted octanol–water partition coefficient (Wildman–Crippen LogP) is -0.333. The van der Waals surface area contributed by atoms with Crippen molar-refractivity contribution >= 4 is 0 Å². The van der Waals surface area contributed by atoms with Crippen LogP contribution in [0.25, 0.3) is 0 Å². The number of hydrogen-bond donors (Lipinski definition) is 2. The van der Waals surface area contributed by atoms with Crippen LogP contribution in [0.15, 0.2) is 11.8 Å². The highest BCUT2D eigenvalue weighted by Crippen LogP contribution is 1.90. The fourth-order valence-corrected chi connectivity index (χ4v) is 0.781. The second-order valence-corrected chi connectivity index (χ2v) is 1.97. The average molecular weight is 128 g/mol. The fraction of sp³-hybridized carbons (Fsp3) is 0.667. The second kappa shape index (κ2) is 3.48. The first kappa shape index (κ1) is 6.58. The van der Waals surface area contributed by atoms with Crippen LogP contribution in [0.1, 0.15) is 0 Å². The summed E-state index contributed by atoms with van der Waals surface area (Å²) in [5, 5.41) is 6.28. The molecule has 3 nitrogen and oxygen atoms in total. The van der Waals surface area contributed by atoms with Crippen molar-refractivity contribution in [1.29, 1.82) is 0 Å². The highest BCUT2D eigenvalue weighted by atomic mass is 16.5. The van der Waals surface area contributed by atoms with Crippen LogP contribution in [0, 0.1) is 0 Å². The lowest BCUT2D eigenvalue weighted by Crippen LogP contribution is -2.34. The van der Waals surface area contributed by atoms with Crippen molar-refractivity contribution < 1.29 is 4.74 Å². The third-order valence-corrected chi connectivity index (χ3v) is 1.23. The first-order chi connectivity index (χ1) is 4.43. The van der Waals surface area contributed by atoms with Gasteiger partial charge in [-0.15, -0.1) is 0 Å². The van der Waals surface area contributed by atoms with Crippen molar-refractivity contribution in [3.8, 4) is 0 Å². The number of methoxy groups -OCH3 is 1. The van der Waals surface area contributed by atoms with E-state index in [0.29, 0.717) is 6.61 Å². The molecule has 9 heavy (non-hydrogen) atoms. The monoisotopic (exact) mass is 128 g/mol. The molecule has 0 aromatic carbocycles. The molecule has 0 amide bonds. The van der Waals surface area contributed by atoms with E-state index in [2.05, 4.69) is 16.7 Å². The zero-order valence-corrected chi connectivity index (χ0v) is 5.61. The molecule has 0 fully saturated rings. The molecule has 0 atom stereocenters. The third-order valence-electron chi connectivity index (χ3n) is 1.23. The standard InChI is InChI=1S/C6H12N2O/c1-9-4-6-2-3-7-5-8-6/h2,7-8H,3-5H2,1H3. The van der Waals surface area contributed by atoms with Crippen LogP contribution in [0.4, 0.5) is 0 Å². The summed E-state index contributed by atoms with van der Waals surface area (Å²) in [4.78, 5) is 0. The summed E-state index contributed by atoms with van der Waals surface area (Å²) >= 11 is 0. The topological polar surface area (TPSA) is 33.3 Å². The minimum absolute atomic E-state index is 0.696. The van der Waals surface area contributed by atoms with Crippen molar-refractivity contribution in [1.82, 2.24) is 10.6 Å². The van der Waals surface area contributed by atoms with Gasteiger partial charge in [0.1, 0.15) is 0 Å². The molecule has 0 aliphatic carbocycles. The first-order valence-electron chi connectivity index (χ1n) is 3.06. The van der Waals surface area contributed by atoms with E-state index in [0.717, 1.165) is 13.2 Å². The Morgan fingerprint density at radius 1 is 1.78 bits per heavy atom. The molecule has 0 bridgehead atoms. The van der Waals surface area contributed by atoms with Crippen molar-refractivity contribution in [2.24, 2.45) is 0 Å². The molecule has 0 aromatic rings. The Kier molecular flexibility index (Phi) is 2.54. The van der Waals surface area contributed by atoms with Crippen LogP contribution in [-0.4, -0.2) is 26.9 Å². The van der Waals surface area contributed by atoms with Crippen LogP contribution in [0.5, 0.6) is 0 Å². The number of ether oxygens (including phenoxy) is 1. The minimum Gasteiger partial charge on any atom is -0.379 e. The Morgan fingerprint density at radius 2 is 2.67 bits per heavy atom. The van der Waals surface area contributed by atoms with Crippen molar-refractivity contribution in [3.05, 3.63) is 11.8 Å². The lowest BCUT2D eigenvalue weighted by molar-refractivity contribution is 0.218. The molecule has 0 aromatic heterocycles. The lowest BCUT2D eigenvalue weighted by atomic mass is 10.4. The van der Waals surface area contributed by atoms with Crippen molar-refractivity contribution in [2.75, 3.05) is 26.9 Å². The largest absolute Gasteiger partial charge is 0.379 e. The van der Waals surface area contributed by atoms with Gasteiger partial charge in [0.2, 0.25) is 0 Å². The molecule has 0 spiro atoms. The summed E-state index contributed by atoms with van der Waals surface area (Å²) in [6.07, 6.45) is 2.09. The van der Waals surface area contributed by atoms with E-state index in [4.69, 9.17) is 4.74 Å². The van der Waals surface area contributed by atoms with Gasteiger partial charge in [-0.3, -0.25) is 5.32 Å². The van der Waals surface area contributed by atoms with Crippen molar-refractivity contribution in [3.63, 3.8) is 0 Å². The van der Waals surface area contributed by atoms with E-state index >= 15 is 0 Å². The molecule has 0 radical (unpaired) electrons. The molecule has 3 heteroatoms. The molecule has 1 rings (SSSR count). The Labute approximate surface area is 55.1 Å². The first-order valence-corrected chi connectivity index (χ1v) is 3.06. The number of nitrogens with one attached hydrogen (secondary N) is 2. The quantitative estimate of drug-likeness (QED) is 0.534. The number of hydrogen-bond acceptors (Lipinski definition) is 3. The van der Waals surface area contributed by atoms with Gasteiger partial charge in [0.25, 0.3) is 0 Å². The van der Waals surface area contributed by atoms with Crippen LogP contribution < -0.4 is 10.6 Å². The smallest absolute Gasteiger partial charge is 0.0856 e. The van der Waals surface area contributed by atoms with E-state index in [-0.39, 0.29) is 0 Å². The highest BCUT2D eigenvalue weighted by Gasteiger charge is 1.98. The van der Waals surface area contributed by atoms with Gasteiger partial charge < -0.3 is 10.1 Å². The minimum atomic E-state index is 0.696. The van der Waals surface area contributed by atoms with Gasteiger partial charge in [0.05, 0.1) is 13.3 Å². The molecule has 0 saturated carbocycles. The van der Waals surface area contributed by atoms with Crippen LogP contribution >= 0.6 is 0 Å². The zero-order valence-electron chi connectivity index (χ0n) is 5.61. The molecule has 2 N–H and O–H groups in total. The summed E-state index contributed by atoms with van der Waals surface area (Å²) in [7, 11) is 1.70. The maximum absolute atomic E-state index is 4.92. The molecule has 0 unspecified atom stereocenters. The van der Waals surface area contributed by atoms with E-state index in [1.54, 1.807) is 7.11 Å². The van der Waals surface area contributed by atoms with Gasteiger partial charge in [-0.05, 0) is 6.08 Å². The molecular weight excluding hydrogens is 116 g/mol. The number of rotatable bonds is 2. The third kappa shape index (κ3) is 2.03. The Balaban J connectivity index is 2.28. The highest BCUT2D eigenvalue weighted by molar-refractivity contribution is 5.03. The summed E-state index contributed by atoms with van der Waals surface area (Å²) in [5.41, 5.74) is 1.18. The maximum atomic E-state index is 4.92. The fourth-order valence-electron chi connectivity index (χ4n) is 0.781. The summed E-state index contributed by atoms with van der Waals surface area (Å²) in [5.74, 6) is 0. The normalized spacial score (nSPS) is 18.6. The van der Waals surface area contributed by atoms with E-state index in [9.17, 15) is 0 Å². The van der Waals surface area contributed by atoms with Gasteiger partial charge in [0, 0.05) is 19.4 Å². The maximum Gasteiger partial charge on any atom is 0.0856 e. The Bertz CT molecular complexity index is 112. The van der Waals surface area contributed by atoms with Crippen LogP contribution in [0.3, 0.4) is 0 Å². The van der Waals surface area contributed by atoms with Crippen LogP contribution in [-0.2, 0) is 4.74 Å². The van der Waals surface area contributed by atoms with Crippen LogP contribution in [0.2, 0.25) is 0 Å². The molecular formula is C6H12N2O. The summed E-state index contributed by atoms with van der Waals surface area (Å²) < 4.78 is 4.92. The lowest BCUT2D eigenvalue weighted by Gasteiger charge is -2.15. The zero-order chi connectivity index (χ0) is 6.53. The predicted molar refractivity (Wildman–Crippen MR) is 36.0 cm³/mol. The SMILES string of the molecule is COCC1=CCNCN1. The molecule has 1 aliphatic heterocycles. The summed E-state index contributed by atoms with van der Waals surface area (Å²) in [6.45, 7) is 2.50. The van der Waals surface area contributed by atoms with Gasteiger partial charge in [-0.1, -0.05) is 0 Å². The van der Waals surface area contributed by atoms with Gasteiger partial charge >= 0.3 is 0 Å².